The molecule has 1 aliphatic rings. The van der Waals surface area contributed by atoms with Gasteiger partial charge in [0, 0.05) is 25.2 Å². The van der Waals surface area contributed by atoms with Gasteiger partial charge in [-0.25, -0.2) is 0 Å². The average molecular weight is 418 g/mol. The first-order valence-electron chi connectivity index (χ1n) is 10.2. The van der Waals surface area contributed by atoms with Gasteiger partial charge in [-0.05, 0) is 54.6 Å². The highest BCUT2D eigenvalue weighted by molar-refractivity contribution is 5.94. The molecular formula is C23H28F2N2O3. The Morgan fingerprint density at radius 2 is 1.90 bits per heavy atom. The largest absolute Gasteiger partial charge is 0.493 e. The zero-order chi connectivity index (χ0) is 21.5. The molecule has 7 heteroatoms. The molecule has 1 amide bonds. The lowest BCUT2D eigenvalue weighted by molar-refractivity contribution is -0.0512. The number of carbonyl (C=O) groups excluding carboxylic acids is 1. The highest BCUT2D eigenvalue weighted by atomic mass is 19.3. The minimum atomic E-state index is -2.96. The van der Waals surface area contributed by atoms with Crippen LogP contribution in [-0.2, 0) is 13.1 Å². The van der Waals surface area contributed by atoms with E-state index in [2.05, 4.69) is 34.0 Å². The molecule has 3 rings (SSSR count). The Kier molecular flexibility index (Phi) is 7.63. The molecule has 0 aromatic heterocycles. The average Bonchev–Trinajstić information content (AvgIpc) is 2.73. The molecule has 30 heavy (non-hydrogen) atoms. The maximum absolute atomic E-state index is 12.4. The Labute approximate surface area is 176 Å². The van der Waals surface area contributed by atoms with Crippen molar-refractivity contribution in [3.05, 3.63) is 59.2 Å². The monoisotopic (exact) mass is 418 g/mol. The maximum Gasteiger partial charge on any atom is 0.387 e. The predicted octanol–water partition coefficient (Wildman–Crippen LogP) is 4.46. The molecule has 1 unspecified atom stereocenters. The molecule has 0 aliphatic carbocycles. The predicted molar refractivity (Wildman–Crippen MR) is 111 cm³/mol. The third kappa shape index (κ3) is 6.16. The van der Waals surface area contributed by atoms with Gasteiger partial charge in [-0.3, -0.25) is 9.69 Å². The molecular weight excluding hydrogens is 390 g/mol. The Morgan fingerprint density at radius 1 is 1.17 bits per heavy atom. The first-order chi connectivity index (χ1) is 14.4. The van der Waals surface area contributed by atoms with Gasteiger partial charge in [0.2, 0.25) is 0 Å². The Hall–Kier alpha value is -2.67. The van der Waals surface area contributed by atoms with Crippen LogP contribution in [0.15, 0.2) is 42.5 Å². The van der Waals surface area contributed by atoms with Gasteiger partial charge in [0.15, 0.2) is 11.5 Å². The van der Waals surface area contributed by atoms with Crippen LogP contribution in [0, 0.1) is 5.92 Å². The van der Waals surface area contributed by atoms with Crippen molar-refractivity contribution in [3.8, 4) is 11.5 Å². The number of rotatable bonds is 8. The van der Waals surface area contributed by atoms with Crippen molar-refractivity contribution in [2.24, 2.45) is 5.92 Å². The van der Waals surface area contributed by atoms with Gasteiger partial charge in [0.25, 0.3) is 5.91 Å². The number of hydrogen-bond acceptors (Lipinski definition) is 4. The first-order valence-corrected chi connectivity index (χ1v) is 10.2. The zero-order valence-corrected chi connectivity index (χ0v) is 17.4. The van der Waals surface area contributed by atoms with Crippen molar-refractivity contribution >= 4 is 5.91 Å². The van der Waals surface area contributed by atoms with Crippen molar-refractivity contribution in [2.45, 2.75) is 39.5 Å². The second-order valence-electron chi connectivity index (χ2n) is 7.73. The summed E-state index contributed by atoms with van der Waals surface area (Å²) in [6.45, 7) is 2.95. The van der Waals surface area contributed by atoms with E-state index in [1.54, 1.807) is 0 Å². The van der Waals surface area contributed by atoms with Crippen molar-refractivity contribution in [2.75, 3.05) is 20.2 Å². The molecule has 1 fully saturated rings. The second-order valence-corrected chi connectivity index (χ2v) is 7.73. The van der Waals surface area contributed by atoms with Gasteiger partial charge < -0.3 is 14.8 Å². The number of methoxy groups -OCH3 is 1. The molecule has 2 aromatic rings. The van der Waals surface area contributed by atoms with Crippen LogP contribution in [0.25, 0.3) is 0 Å². The van der Waals surface area contributed by atoms with E-state index in [-0.39, 0.29) is 17.4 Å². The van der Waals surface area contributed by atoms with E-state index in [4.69, 9.17) is 4.74 Å². The lowest BCUT2D eigenvalue weighted by Crippen LogP contribution is -2.33. The summed E-state index contributed by atoms with van der Waals surface area (Å²) >= 11 is 0. The second kappa shape index (κ2) is 10.4. The van der Waals surface area contributed by atoms with E-state index >= 15 is 0 Å². The van der Waals surface area contributed by atoms with Gasteiger partial charge in [0.1, 0.15) is 0 Å². The number of nitrogens with zero attached hydrogens (tertiary/aromatic N) is 1. The van der Waals surface area contributed by atoms with Crippen LogP contribution in [0.4, 0.5) is 8.78 Å². The van der Waals surface area contributed by atoms with E-state index in [1.807, 2.05) is 12.1 Å². The Bertz CT molecular complexity index is 843. The van der Waals surface area contributed by atoms with Crippen molar-refractivity contribution in [1.82, 2.24) is 10.2 Å². The number of nitrogens with one attached hydrogen (secondary N) is 1. The fraction of sp³-hybridized carbons (Fsp3) is 0.435. The number of piperidine rings is 1. The first kappa shape index (κ1) is 22.0. The van der Waals surface area contributed by atoms with Crippen LogP contribution in [0.1, 0.15) is 41.3 Å². The van der Waals surface area contributed by atoms with Gasteiger partial charge in [-0.2, -0.15) is 8.78 Å². The Balaban J connectivity index is 1.54. The molecule has 1 N–H and O–H groups in total. The number of halogens is 2. The fourth-order valence-electron chi connectivity index (χ4n) is 3.74. The van der Waals surface area contributed by atoms with E-state index in [1.165, 1.54) is 43.7 Å². The van der Waals surface area contributed by atoms with Gasteiger partial charge in [0.05, 0.1) is 7.11 Å². The lowest BCUT2D eigenvalue weighted by atomic mass is 9.99. The number of ether oxygens (including phenoxy) is 2. The van der Waals surface area contributed by atoms with E-state index in [0.29, 0.717) is 12.1 Å². The van der Waals surface area contributed by atoms with Crippen LogP contribution < -0.4 is 14.8 Å². The summed E-state index contributed by atoms with van der Waals surface area (Å²) in [5, 5.41) is 2.84. The third-order valence-corrected chi connectivity index (χ3v) is 5.27. The Morgan fingerprint density at radius 3 is 2.57 bits per heavy atom. The summed E-state index contributed by atoms with van der Waals surface area (Å²) in [6, 6.07) is 12.3. The van der Waals surface area contributed by atoms with E-state index in [0.717, 1.165) is 31.1 Å². The normalized spacial score (nSPS) is 17.0. The molecule has 0 bridgehead atoms. The SMILES string of the molecule is COc1cc(C(=O)NCc2ccc(CN3CCCC(C)C3)cc2)ccc1OC(F)F. The number of benzene rings is 2. The summed E-state index contributed by atoms with van der Waals surface area (Å²) in [7, 11) is 1.33. The highest BCUT2D eigenvalue weighted by Gasteiger charge is 2.16. The summed E-state index contributed by atoms with van der Waals surface area (Å²) in [6.07, 6.45) is 2.56. The van der Waals surface area contributed by atoms with Crippen molar-refractivity contribution in [3.63, 3.8) is 0 Å². The fourth-order valence-corrected chi connectivity index (χ4v) is 3.74. The number of likely N-dealkylation sites (tertiary alicyclic amines) is 1. The molecule has 0 spiro atoms. The van der Waals surface area contributed by atoms with Crippen LogP contribution in [-0.4, -0.2) is 37.6 Å². The van der Waals surface area contributed by atoms with Crippen LogP contribution >= 0.6 is 0 Å². The molecule has 1 saturated heterocycles. The van der Waals surface area contributed by atoms with Crippen LogP contribution in [0.2, 0.25) is 0 Å². The summed E-state index contributed by atoms with van der Waals surface area (Å²) in [4.78, 5) is 14.9. The zero-order valence-electron chi connectivity index (χ0n) is 17.4. The number of hydrogen-bond donors (Lipinski definition) is 1. The number of amides is 1. The third-order valence-electron chi connectivity index (χ3n) is 5.27. The topological polar surface area (TPSA) is 50.8 Å². The summed E-state index contributed by atoms with van der Waals surface area (Å²) in [5.41, 5.74) is 2.56. The molecule has 0 radical (unpaired) electrons. The molecule has 0 saturated carbocycles. The van der Waals surface area contributed by atoms with Crippen molar-refractivity contribution < 1.29 is 23.0 Å². The quantitative estimate of drug-likeness (QED) is 0.688. The van der Waals surface area contributed by atoms with E-state index in [9.17, 15) is 13.6 Å². The molecule has 5 nitrogen and oxygen atoms in total. The highest BCUT2D eigenvalue weighted by Crippen LogP contribution is 2.29. The number of carbonyl (C=O) groups is 1. The van der Waals surface area contributed by atoms with Gasteiger partial charge in [-0.15, -0.1) is 0 Å². The van der Waals surface area contributed by atoms with Crippen molar-refractivity contribution in [1.29, 1.82) is 0 Å². The molecule has 1 heterocycles. The smallest absolute Gasteiger partial charge is 0.387 e. The molecule has 1 atom stereocenters. The standard InChI is InChI=1S/C23H28F2N2O3/c1-16-4-3-11-27(14-16)15-18-7-5-17(6-8-18)13-26-22(28)19-9-10-20(30-23(24)25)21(12-19)29-2/h5-10,12,16,23H,3-4,11,13-15H2,1-2H3,(H,26,28). The minimum Gasteiger partial charge on any atom is -0.493 e. The molecule has 162 valence electrons. The lowest BCUT2D eigenvalue weighted by Gasteiger charge is -2.30. The van der Waals surface area contributed by atoms with E-state index < -0.39 is 6.61 Å². The number of alkyl halides is 2. The minimum absolute atomic E-state index is 0.0827. The van der Waals surface area contributed by atoms with Crippen LogP contribution in [0.5, 0.6) is 11.5 Å². The van der Waals surface area contributed by atoms with Gasteiger partial charge >= 0.3 is 6.61 Å². The summed E-state index contributed by atoms with van der Waals surface area (Å²) in [5.74, 6) is 0.410. The molecule has 2 aromatic carbocycles. The van der Waals surface area contributed by atoms with Gasteiger partial charge in [-0.1, -0.05) is 31.2 Å². The maximum atomic E-state index is 12.4. The summed E-state index contributed by atoms with van der Waals surface area (Å²) < 4.78 is 34.3. The molecule has 1 aliphatic heterocycles. The van der Waals surface area contributed by atoms with Crippen LogP contribution in [0.3, 0.4) is 0 Å².